The highest BCUT2D eigenvalue weighted by molar-refractivity contribution is 5.95. The van der Waals surface area contributed by atoms with Gasteiger partial charge in [0.2, 0.25) is 0 Å². The molecule has 0 bridgehead atoms. The molecule has 0 unspecified atom stereocenters. The van der Waals surface area contributed by atoms with E-state index in [1.807, 2.05) is 19.0 Å². The summed E-state index contributed by atoms with van der Waals surface area (Å²) in [6, 6.07) is 9.61. The average molecular weight is 334 g/mol. The highest BCUT2D eigenvalue weighted by Crippen LogP contribution is 2.14. The van der Waals surface area contributed by atoms with E-state index >= 15 is 0 Å². The van der Waals surface area contributed by atoms with Gasteiger partial charge in [0.25, 0.3) is 5.91 Å². The van der Waals surface area contributed by atoms with E-state index < -0.39 is 30.1 Å². The molecule has 7 heteroatoms. The van der Waals surface area contributed by atoms with Gasteiger partial charge in [0.1, 0.15) is 0 Å². The number of hydrogen-bond acceptors (Lipinski definition) is 4. The monoisotopic (exact) mass is 334 g/mol. The van der Waals surface area contributed by atoms with Crippen molar-refractivity contribution in [1.82, 2.24) is 0 Å². The van der Waals surface area contributed by atoms with Gasteiger partial charge in [-0.2, -0.15) is 0 Å². The van der Waals surface area contributed by atoms with Gasteiger partial charge >= 0.3 is 5.97 Å². The van der Waals surface area contributed by atoms with Gasteiger partial charge in [0, 0.05) is 31.5 Å². The quantitative estimate of drug-likeness (QED) is 0.854. The number of nitrogens with zero attached hydrogens (tertiary/aromatic N) is 1. The van der Waals surface area contributed by atoms with Crippen molar-refractivity contribution in [3.63, 3.8) is 0 Å². The Kier molecular flexibility index (Phi) is 5.47. The third-order valence-electron chi connectivity index (χ3n) is 3.16. The highest BCUT2D eigenvalue weighted by atomic mass is 19.2. The predicted octanol–water partition coefficient (Wildman–Crippen LogP) is 2.83. The van der Waals surface area contributed by atoms with Crippen molar-refractivity contribution in [3.05, 3.63) is 59.7 Å². The number of esters is 1. The van der Waals surface area contributed by atoms with E-state index in [2.05, 4.69) is 5.32 Å². The molecule has 0 heterocycles. The molecule has 0 aromatic heterocycles. The molecule has 0 aliphatic heterocycles. The van der Waals surface area contributed by atoms with Gasteiger partial charge < -0.3 is 15.0 Å². The van der Waals surface area contributed by atoms with Gasteiger partial charge in [-0.15, -0.1) is 0 Å². The maximum Gasteiger partial charge on any atom is 0.338 e. The Balaban J connectivity index is 1.88. The molecule has 2 aromatic rings. The molecule has 24 heavy (non-hydrogen) atoms. The van der Waals surface area contributed by atoms with Crippen LogP contribution in [0.15, 0.2) is 42.5 Å². The summed E-state index contributed by atoms with van der Waals surface area (Å²) in [5, 5.41) is 2.31. The Morgan fingerprint density at radius 1 is 1.04 bits per heavy atom. The number of anilines is 2. The molecule has 0 spiro atoms. The highest BCUT2D eigenvalue weighted by Gasteiger charge is 2.11. The first kappa shape index (κ1) is 17.4. The van der Waals surface area contributed by atoms with Gasteiger partial charge in [0.05, 0.1) is 5.56 Å². The predicted molar refractivity (Wildman–Crippen MR) is 86.0 cm³/mol. The molecule has 126 valence electrons. The number of benzene rings is 2. The Morgan fingerprint density at radius 2 is 1.71 bits per heavy atom. The van der Waals surface area contributed by atoms with Crippen LogP contribution in [0.25, 0.3) is 0 Å². The number of carbonyl (C=O) groups excluding carboxylic acids is 2. The van der Waals surface area contributed by atoms with Crippen LogP contribution in [0.4, 0.5) is 20.2 Å². The summed E-state index contributed by atoms with van der Waals surface area (Å²) in [6.07, 6.45) is 0. The van der Waals surface area contributed by atoms with Crippen LogP contribution in [0.1, 0.15) is 10.4 Å². The zero-order valence-electron chi connectivity index (χ0n) is 13.2. The van der Waals surface area contributed by atoms with Crippen molar-refractivity contribution >= 4 is 23.3 Å². The Morgan fingerprint density at radius 3 is 2.29 bits per heavy atom. The lowest BCUT2D eigenvalue weighted by atomic mass is 10.2. The van der Waals surface area contributed by atoms with Crippen molar-refractivity contribution in [1.29, 1.82) is 0 Å². The molecule has 2 rings (SSSR count). The molecule has 1 N–H and O–H groups in total. The number of nitrogens with one attached hydrogen (secondary N) is 1. The second-order valence-electron chi connectivity index (χ2n) is 5.19. The summed E-state index contributed by atoms with van der Waals surface area (Å²) < 4.78 is 30.7. The van der Waals surface area contributed by atoms with E-state index in [1.165, 1.54) is 6.07 Å². The molecule has 2 aromatic carbocycles. The maximum atomic E-state index is 13.0. The van der Waals surface area contributed by atoms with Crippen LogP contribution in [-0.2, 0) is 9.53 Å². The molecule has 0 aliphatic carbocycles. The number of rotatable bonds is 5. The zero-order chi connectivity index (χ0) is 17.7. The van der Waals surface area contributed by atoms with Crippen LogP contribution < -0.4 is 10.2 Å². The third-order valence-corrected chi connectivity index (χ3v) is 3.16. The number of carbonyl (C=O) groups is 2. The molecule has 0 fully saturated rings. The lowest BCUT2D eigenvalue weighted by Crippen LogP contribution is -2.21. The maximum absolute atomic E-state index is 13.0. The minimum absolute atomic E-state index is 0.0743. The van der Waals surface area contributed by atoms with Gasteiger partial charge in [0.15, 0.2) is 18.2 Å². The normalized spacial score (nSPS) is 10.2. The third kappa shape index (κ3) is 4.52. The lowest BCUT2D eigenvalue weighted by molar-refractivity contribution is -0.119. The molecule has 0 saturated heterocycles. The van der Waals surface area contributed by atoms with Crippen LogP contribution in [0.3, 0.4) is 0 Å². The first-order valence-electron chi connectivity index (χ1n) is 7.06. The number of ether oxygens (including phenoxy) is 1. The summed E-state index contributed by atoms with van der Waals surface area (Å²) >= 11 is 0. The number of amides is 1. The summed E-state index contributed by atoms with van der Waals surface area (Å²) in [5.41, 5.74) is 1.30. The molecule has 0 atom stereocenters. The zero-order valence-corrected chi connectivity index (χ0v) is 13.2. The lowest BCUT2D eigenvalue weighted by Gasteiger charge is -2.12. The van der Waals surface area contributed by atoms with Crippen molar-refractivity contribution in [3.8, 4) is 0 Å². The van der Waals surface area contributed by atoms with Gasteiger partial charge in [-0.25, -0.2) is 13.6 Å². The van der Waals surface area contributed by atoms with Crippen molar-refractivity contribution in [2.45, 2.75) is 0 Å². The molecule has 1 amide bonds. The van der Waals surface area contributed by atoms with Crippen LogP contribution >= 0.6 is 0 Å². The standard InChI is InChI=1S/C17H16F2N2O3/c1-21(2)13-6-3-11(4-7-13)17(23)24-10-16(22)20-12-5-8-14(18)15(19)9-12/h3-9H,10H2,1-2H3,(H,20,22). The Hall–Kier alpha value is -2.96. The van der Waals surface area contributed by atoms with Crippen LogP contribution in [0.2, 0.25) is 0 Å². The molecule has 0 saturated carbocycles. The van der Waals surface area contributed by atoms with Gasteiger partial charge in [-0.3, -0.25) is 4.79 Å². The van der Waals surface area contributed by atoms with E-state index in [0.29, 0.717) is 5.56 Å². The Bertz CT molecular complexity index is 746. The summed E-state index contributed by atoms with van der Waals surface area (Å²) in [4.78, 5) is 25.4. The molecular weight excluding hydrogens is 318 g/mol. The van der Waals surface area contributed by atoms with Crippen molar-refractivity contribution in [2.75, 3.05) is 30.9 Å². The summed E-state index contributed by atoms with van der Waals surface area (Å²) in [7, 11) is 3.74. The minimum atomic E-state index is -1.08. The molecule has 0 radical (unpaired) electrons. The van der Waals surface area contributed by atoms with Crippen LogP contribution in [0.5, 0.6) is 0 Å². The first-order valence-corrected chi connectivity index (χ1v) is 7.06. The smallest absolute Gasteiger partial charge is 0.338 e. The fourth-order valence-electron chi connectivity index (χ4n) is 1.88. The van der Waals surface area contributed by atoms with Crippen molar-refractivity contribution in [2.24, 2.45) is 0 Å². The SMILES string of the molecule is CN(C)c1ccc(C(=O)OCC(=O)Nc2ccc(F)c(F)c2)cc1. The minimum Gasteiger partial charge on any atom is -0.452 e. The molecular formula is C17H16F2N2O3. The van der Waals surface area contributed by atoms with Crippen molar-refractivity contribution < 1.29 is 23.1 Å². The first-order chi connectivity index (χ1) is 11.4. The average Bonchev–Trinajstić information content (AvgIpc) is 2.56. The molecule has 5 nitrogen and oxygen atoms in total. The fraction of sp³-hybridized carbons (Fsp3) is 0.176. The number of hydrogen-bond donors (Lipinski definition) is 1. The van der Waals surface area contributed by atoms with E-state index in [0.717, 1.165) is 17.8 Å². The second-order valence-corrected chi connectivity index (χ2v) is 5.19. The van der Waals surface area contributed by atoms with Gasteiger partial charge in [-0.1, -0.05) is 0 Å². The summed E-state index contributed by atoms with van der Waals surface area (Å²) in [6.45, 7) is -0.534. The van der Waals surface area contributed by atoms with E-state index in [9.17, 15) is 18.4 Å². The van der Waals surface area contributed by atoms with E-state index in [-0.39, 0.29) is 5.69 Å². The largest absolute Gasteiger partial charge is 0.452 e. The molecule has 0 aliphatic rings. The fourth-order valence-corrected chi connectivity index (χ4v) is 1.88. The van der Waals surface area contributed by atoms with Crippen LogP contribution in [0, 0.1) is 11.6 Å². The van der Waals surface area contributed by atoms with E-state index in [1.54, 1.807) is 24.3 Å². The van der Waals surface area contributed by atoms with Crippen LogP contribution in [-0.4, -0.2) is 32.6 Å². The second kappa shape index (κ2) is 7.54. The Labute approximate surface area is 137 Å². The van der Waals surface area contributed by atoms with E-state index in [4.69, 9.17) is 4.74 Å². The topological polar surface area (TPSA) is 58.6 Å². The summed E-state index contributed by atoms with van der Waals surface area (Å²) in [5.74, 6) is -3.40. The van der Waals surface area contributed by atoms with Gasteiger partial charge in [-0.05, 0) is 36.4 Å². The number of halogens is 2.